The Labute approximate surface area is 99.6 Å². The molecule has 5 heteroatoms. The standard InChI is InChI=1S/C12H16O5/c1-16-8-9-5-10(12(14)15)7-11(6-9)17-4-2-3-13/h5-7,13H,2-4,8H2,1H3,(H,14,15). The fraction of sp³-hybridized carbons (Fsp3) is 0.417. The fourth-order valence-corrected chi connectivity index (χ4v) is 1.37. The predicted octanol–water partition coefficient (Wildman–Crippen LogP) is 1.29. The van der Waals surface area contributed by atoms with Crippen LogP contribution in [0.3, 0.4) is 0 Å². The van der Waals surface area contributed by atoms with Gasteiger partial charge < -0.3 is 19.7 Å². The van der Waals surface area contributed by atoms with Crippen LogP contribution in [-0.2, 0) is 11.3 Å². The molecule has 0 aliphatic heterocycles. The smallest absolute Gasteiger partial charge is 0.335 e. The van der Waals surface area contributed by atoms with Crippen molar-refractivity contribution in [3.63, 3.8) is 0 Å². The largest absolute Gasteiger partial charge is 0.493 e. The number of hydrogen-bond donors (Lipinski definition) is 2. The lowest BCUT2D eigenvalue weighted by molar-refractivity contribution is 0.0696. The first kappa shape index (κ1) is 13.5. The molecule has 2 N–H and O–H groups in total. The molecule has 0 saturated carbocycles. The maximum atomic E-state index is 10.9. The van der Waals surface area contributed by atoms with Gasteiger partial charge in [0, 0.05) is 20.1 Å². The third kappa shape index (κ3) is 4.42. The van der Waals surface area contributed by atoms with Gasteiger partial charge in [-0.1, -0.05) is 0 Å². The average Bonchev–Trinajstić information content (AvgIpc) is 2.29. The first-order chi connectivity index (χ1) is 8.17. The summed E-state index contributed by atoms with van der Waals surface area (Å²) in [5, 5.41) is 17.6. The van der Waals surface area contributed by atoms with Gasteiger partial charge >= 0.3 is 5.97 Å². The number of ether oxygens (including phenoxy) is 2. The summed E-state index contributed by atoms with van der Waals surface area (Å²) in [6.45, 7) is 0.729. The second-order valence-electron chi connectivity index (χ2n) is 3.53. The highest BCUT2D eigenvalue weighted by molar-refractivity contribution is 5.88. The van der Waals surface area contributed by atoms with E-state index >= 15 is 0 Å². The Morgan fingerprint density at radius 2 is 2.12 bits per heavy atom. The van der Waals surface area contributed by atoms with Crippen molar-refractivity contribution in [3.05, 3.63) is 29.3 Å². The molecule has 94 valence electrons. The number of rotatable bonds is 7. The van der Waals surface area contributed by atoms with E-state index < -0.39 is 5.97 Å². The minimum absolute atomic E-state index is 0.0452. The van der Waals surface area contributed by atoms with Crippen LogP contribution in [0.2, 0.25) is 0 Å². The normalized spacial score (nSPS) is 10.2. The Kier molecular flexibility index (Phi) is 5.45. The number of benzene rings is 1. The van der Waals surface area contributed by atoms with Crippen molar-refractivity contribution >= 4 is 5.97 Å². The van der Waals surface area contributed by atoms with Crippen LogP contribution in [0, 0.1) is 0 Å². The van der Waals surface area contributed by atoms with Crippen LogP contribution in [0.4, 0.5) is 0 Å². The molecule has 17 heavy (non-hydrogen) atoms. The van der Waals surface area contributed by atoms with Gasteiger partial charge in [-0.05, 0) is 23.8 Å². The molecular weight excluding hydrogens is 224 g/mol. The third-order valence-electron chi connectivity index (χ3n) is 2.10. The zero-order valence-corrected chi connectivity index (χ0v) is 9.68. The van der Waals surface area contributed by atoms with E-state index in [1.165, 1.54) is 6.07 Å². The van der Waals surface area contributed by atoms with Crippen molar-refractivity contribution in [2.24, 2.45) is 0 Å². The molecule has 0 unspecified atom stereocenters. The Morgan fingerprint density at radius 3 is 2.71 bits per heavy atom. The van der Waals surface area contributed by atoms with Crippen LogP contribution in [0.25, 0.3) is 0 Å². The molecule has 0 spiro atoms. The molecule has 0 amide bonds. The second kappa shape index (κ2) is 6.88. The summed E-state index contributed by atoms with van der Waals surface area (Å²) >= 11 is 0. The molecule has 5 nitrogen and oxygen atoms in total. The Morgan fingerprint density at radius 1 is 1.35 bits per heavy atom. The summed E-state index contributed by atoms with van der Waals surface area (Å²) in [7, 11) is 1.54. The van der Waals surface area contributed by atoms with Crippen molar-refractivity contribution < 1.29 is 24.5 Å². The highest BCUT2D eigenvalue weighted by Crippen LogP contribution is 2.18. The molecular formula is C12H16O5. The van der Waals surface area contributed by atoms with Crippen molar-refractivity contribution in [1.29, 1.82) is 0 Å². The molecule has 0 fully saturated rings. The number of hydrogen-bond acceptors (Lipinski definition) is 4. The van der Waals surface area contributed by atoms with E-state index in [2.05, 4.69) is 0 Å². The third-order valence-corrected chi connectivity index (χ3v) is 2.10. The number of aliphatic hydroxyl groups is 1. The Balaban J connectivity index is 2.83. The Hall–Kier alpha value is -1.59. The van der Waals surface area contributed by atoms with Gasteiger partial charge in [-0.3, -0.25) is 0 Å². The fourth-order valence-electron chi connectivity index (χ4n) is 1.37. The lowest BCUT2D eigenvalue weighted by Crippen LogP contribution is -2.03. The van der Waals surface area contributed by atoms with E-state index in [0.29, 0.717) is 25.4 Å². The maximum Gasteiger partial charge on any atom is 0.335 e. The molecule has 0 saturated heterocycles. The molecule has 1 rings (SSSR count). The first-order valence-electron chi connectivity index (χ1n) is 5.27. The van der Waals surface area contributed by atoms with E-state index in [9.17, 15) is 4.79 Å². The van der Waals surface area contributed by atoms with Crippen LogP contribution in [0.1, 0.15) is 22.3 Å². The van der Waals surface area contributed by atoms with Crippen LogP contribution < -0.4 is 4.74 Å². The SMILES string of the molecule is COCc1cc(OCCCO)cc(C(=O)O)c1. The second-order valence-corrected chi connectivity index (χ2v) is 3.53. The van der Waals surface area contributed by atoms with E-state index in [1.54, 1.807) is 19.2 Å². The number of aromatic carboxylic acids is 1. The lowest BCUT2D eigenvalue weighted by Gasteiger charge is -2.09. The summed E-state index contributed by atoms with van der Waals surface area (Å²) in [5.41, 5.74) is 0.907. The summed E-state index contributed by atoms with van der Waals surface area (Å²) in [6, 6.07) is 4.73. The number of carboxylic acids is 1. The lowest BCUT2D eigenvalue weighted by atomic mass is 10.1. The van der Waals surface area contributed by atoms with Crippen LogP contribution >= 0.6 is 0 Å². The molecule has 1 aromatic carbocycles. The monoisotopic (exact) mass is 240 g/mol. The van der Waals surface area contributed by atoms with E-state index in [4.69, 9.17) is 19.7 Å². The molecule has 0 radical (unpaired) electrons. The van der Waals surface area contributed by atoms with Gasteiger partial charge in [0.25, 0.3) is 0 Å². The van der Waals surface area contributed by atoms with Gasteiger partial charge in [0.05, 0.1) is 18.8 Å². The van der Waals surface area contributed by atoms with Crippen molar-refractivity contribution in [1.82, 2.24) is 0 Å². The number of aliphatic hydroxyl groups excluding tert-OH is 1. The van der Waals surface area contributed by atoms with Crippen LogP contribution in [-0.4, -0.2) is 36.5 Å². The summed E-state index contributed by atoms with van der Waals surface area (Å²) in [5.74, 6) is -0.527. The van der Waals surface area contributed by atoms with Crippen molar-refractivity contribution in [2.45, 2.75) is 13.0 Å². The van der Waals surface area contributed by atoms with E-state index in [0.717, 1.165) is 5.56 Å². The van der Waals surface area contributed by atoms with Crippen molar-refractivity contribution in [2.75, 3.05) is 20.3 Å². The van der Waals surface area contributed by atoms with Gasteiger partial charge in [-0.15, -0.1) is 0 Å². The van der Waals surface area contributed by atoms with Gasteiger partial charge in [0.1, 0.15) is 5.75 Å². The topological polar surface area (TPSA) is 76.0 Å². The van der Waals surface area contributed by atoms with Gasteiger partial charge in [0.2, 0.25) is 0 Å². The highest BCUT2D eigenvalue weighted by Gasteiger charge is 2.07. The van der Waals surface area contributed by atoms with Crippen LogP contribution in [0.5, 0.6) is 5.75 Å². The van der Waals surface area contributed by atoms with E-state index in [-0.39, 0.29) is 12.2 Å². The van der Waals surface area contributed by atoms with Gasteiger partial charge in [-0.2, -0.15) is 0 Å². The van der Waals surface area contributed by atoms with Gasteiger partial charge in [-0.25, -0.2) is 4.79 Å². The molecule has 0 aromatic heterocycles. The number of carbonyl (C=O) groups is 1. The average molecular weight is 240 g/mol. The number of carboxylic acid groups (broad SMARTS) is 1. The molecule has 0 atom stereocenters. The Bertz CT molecular complexity index is 375. The number of methoxy groups -OCH3 is 1. The summed E-state index contributed by atoms with van der Waals surface area (Å²) < 4.78 is 10.3. The molecule has 0 aliphatic rings. The van der Waals surface area contributed by atoms with Crippen LogP contribution in [0.15, 0.2) is 18.2 Å². The minimum Gasteiger partial charge on any atom is -0.493 e. The quantitative estimate of drug-likeness (QED) is 0.702. The molecule has 0 aliphatic carbocycles. The predicted molar refractivity (Wildman–Crippen MR) is 61.3 cm³/mol. The zero-order valence-electron chi connectivity index (χ0n) is 9.68. The van der Waals surface area contributed by atoms with Crippen molar-refractivity contribution in [3.8, 4) is 5.75 Å². The van der Waals surface area contributed by atoms with Gasteiger partial charge in [0.15, 0.2) is 0 Å². The highest BCUT2D eigenvalue weighted by atomic mass is 16.5. The summed E-state index contributed by atoms with van der Waals surface area (Å²) in [4.78, 5) is 10.9. The molecule has 0 heterocycles. The minimum atomic E-state index is -1.00. The molecule has 1 aromatic rings. The maximum absolute atomic E-state index is 10.9. The zero-order chi connectivity index (χ0) is 12.7. The first-order valence-corrected chi connectivity index (χ1v) is 5.27. The molecule has 0 bridgehead atoms. The van der Waals surface area contributed by atoms with E-state index in [1.807, 2.05) is 0 Å². The summed E-state index contributed by atoms with van der Waals surface area (Å²) in [6.07, 6.45) is 0.511.